The monoisotopic (exact) mass is 199 g/mol. The average molecular weight is 199 g/mol. The second kappa shape index (κ2) is 4.87. The van der Waals surface area contributed by atoms with Crippen molar-refractivity contribution in [1.29, 1.82) is 0 Å². The smallest absolute Gasteiger partial charge is 0.255 e. The lowest BCUT2D eigenvalue weighted by Crippen LogP contribution is -2.23. The Morgan fingerprint density at radius 3 is 3.00 bits per heavy atom. The van der Waals surface area contributed by atoms with Gasteiger partial charge >= 0.3 is 0 Å². The summed E-state index contributed by atoms with van der Waals surface area (Å²) in [5.41, 5.74) is 0.376. The topological polar surface area (TPSA) is 49.3 Å². The summed E-state index contributed by atoms with van der Waals surface area (Å²) in [4.78, 5) is 11.3. The van der Waals surface area contributed by atoms with Crippen LogP contribution in [-0.2, 0) is 0 Å². The van der Waals surface area contributed by atoms with Gasteiger partial charge in [-0.05, 0) is 17.9 Å². The lowest BCUT2D eigenvalue weighted by atomic mass is 10.3. The van der Waals surface area contributed by atoms with Crippen LogP contribution in [-0.4, -0.2) is 17.6 Å². The molecule has 0 fully saturated rings. The summed E-state index contributed by atoms with van der Waals surface area (Å²) in [6, 6.07) is 1.63. The normalized spacial score (nSPS) is 9.92. The van der Waals surface area contributed by atoms with E-state index in [-0.39, 0.29) is 11.0 Å². The van der Waals surface area contributed by atoms with Crippen LogP contribution in [0.25, 0.3) is 0 Å². The fourth-order valence-electron chi connectivity index (χ4n) is 0.948. The van der Waals surface area contributed by atoms with Crippen molar-refractivity contribution in [3.05, 3.63) is 17.0 Å². The highest BCUT2D eigenvalue weighted by molar-refractivity contribution is 7.12. The molecule has 1 aromatic rings. The highest BCUT2D eigenvalue weighted by atomic mass is 32.1. The third-order valence-corrected chi connectivity index (χ3v) is 2.42. The van der Waals surface area contributed by atoms with E-state index in [0.29, 0.717) is 12.1 Å². The van der Waals surface area contributed by atoms with Gasteiger partial charge in [0, 0.05) is 6.54 Å². The molecule has 1 aromatic heterocycles. The van der Waals surface area contributed by atoms with Gasteiger partial charge < -0.3 is 10.4 Å². The molecule has 3 nitrogen and oxygen atoms in total. The van der Waals surface area contributed by atoms with Gasteiger partial charge in [-0.25, -0.2) is 0 Å². The van der Waals surface area contributed by atoms with E-state index in [4.69, 9.17) is 0 Å². The molecule has 72 valence electrons. The van der Waals surface area contributed by atoms with Crippen LogP contribution in [0.1, 0.15) is 30.1 Å². The maximum absolute atomic E-state index is 11.3. The molecule has 0 aromatic carbocycles. The summed E-state index contributed by atoms with van der Waals surface area (Å²) in [5.74, 6) is -0.188. The summed E-state index contributed by atoms with van der Waals surface area (Å²) < 4.78 is 0. The molecule has 4 heteroatoms. The highest BCUT2D eigenvalue weighted by Gasteiger charge is 2.10. The van der Waals surface area contributed by atoms with Crippen molar-refractivity contribution in [2.24, 2.45) is 0 Å². The second-order valence-electron chi connectivity index (χ2n) is 2.75. The Kier molecular flexibility index (Phi) is 3.76. The van der Waals surface area contributed by atoms with E-state index in [1.165, 1.54) is 11.3 Å². The van der Waals surface area contributed by atoms with Crippen LogP contribution in [0.3, 0.4) is 0 Å². The Hall–Kier alpha value is -1.03. The molecular weight excluding hydrogens is 186 g/mol. The zero-order valence-corrected chi connectivity index (χ0v) is 8.36. The predicted octanol–water partition coefficient (Wildman–Crippen LogP) is 1.98. The number of rotatable bonds is 4. The van der Waals surface area contributed by atoms with E-state index >= 15 is 0 Å². The zero-order valence-electron chi connectivity index (χ0n) is 7.54. The van der Waals surface area contributed by atoms with Crippen molar-refractivity contribution in [2.75, 3.05) is 6.54 Å². The van der Waals surface area contributed by atoms with Crippen LogP contribution < -0.4 is 5.32 Å². The third kappa shape index (κ3) is 2.73. The van der Waals surface area contributed by atoms with Crippen LogP contribution in [0.4, 0.5) is 0 Å². The van der Waals surface area contributed by atoms with Gasteiger partial charge in [0.25, 0.3) is 5.91 Å². The van der Waals surface area contributed by atoms with Crippen LogP contribution in [0.2, 0.25) is 0 Å². The number of aromatic hydroxyl groups is 1. The molecule has 0 bridgehead atoms. The fraction of sp³-hybridized carbons (Fsp3) is 0.444. The van der Waals surface area contributed by atoms with Crippen molar-refractivity contribution >= 4 is 17.2 Å². The number of carbonyl (C=O) groups is 1. The molecule has 1 heterocycles. The molecular formula is C9H13NO2S. The number of unbranched alkanes of at least 4 members (excludes halogenated alkanes) is 1. The van der Waals surface area contributed by atoms with E-state index in [0.717, 1.165) is 12.8 Å². The van der Waals surface area contributed by atoms with Crippen LogP contribution in [0, 0.1) is 0 Å². The van der Waals surface area contributed by atoms with Gasteiger partial charge in [0.2, 0.25) is 0 Å². The quantitative estimate of drug-likeness (QED) is 0.728. The molecule has 2 N–H and O–H groups in total. The van der Waals surface area contributed by atoms with E-state index in [2.05, 4.69) is 12.2 Å². The zero-order chi connectivity index (χ0) is 9.68. The van der Waals surface area contributed by atoms with Crippen molar-refractivity contribution in [1.82, 2.24) is 5.32 Å². The lowest BCUT2D eigenvalue weighted by Gasteiger charge is -2.01. The highest BCUT2D eigenvalue weighted by Crippen LogP contribution is 2.23. The minimum atomic E-state index is -0.188. The molecule has 0 unspecified atom stereocenters. The first-order valence-electron chi connectivity index (χ1n) is 4.30. The van der Waals surface area contributed by atoms with Crippen LogP contribution >= 0.6 is 11.3 Å². The van der Waals surface area contributed by atoms with Gasteiger partial charge in [0.05, 0.1) is 5.56 Å². The van der Waals surface area contributed by atoms with Gasteiger partial charge in [0.1, 0.15) is 0 Å². The van der Waals surface area contributed by atoms with Gasteiger partial charge in [-0.2, -0.15) is 0 Å². The second-order valence-corrected chi connectivity index (χ2v) is 3.64. The molecule has 0 saturated carbocycles. The van der Waals surface area contributed by atoms with E-state index in [9.17, 15) is 9.90 Å². The Balaban J connectivity index is 2.45. The minimum Gasteiger partial charge on any atom is -0.499 e. The van der Waals surface area contributed by atoms with Gasteiger partial charge in [-0.1, -0.05) is 13.3 Å². The summed E-state index contributed by atoms with van der Waals surface area (Å²) in [6.07, 6.45) is 2.02. The van der Waals surface area contributed by atoms with E-state index < -0.39 is 0 Å². The standard InChI is InChI=1S/C9H13NO2S/c1-2-3-5-10-8(11)7-4-6-13-9(7)12/h4,6,12H,2-3,5H2,1H3,(H,10,11). The summed E-state index contributed by atoms with van der Waals surface area (Å²) in [5, 5.41) is 13.8. The number of carbonyl (C=O) groups excluding carboxylic acids is 1. The van der Waals surface area contributed by atoms with E-state index in [1.54, 1.807) is 11.4 Å². The van der Waals surface area contributed by atoms with Crippen LogP contribution in [0.5, 0.6) is 5.06 Å². The van der Waals surface area contributed by atoms with Crippen molar-refractivity contribution in [3.63, 3.8) is 0 Å². The Bertz CT molecular complexity index is 283. The first kappa shape index (κ1) is 10.1. The Morgan fingerprint density at radius 1 is 1.69 bits per heavy atom. The first-order chi connectivity index (χ1) is 6.25. The Morgan fingerprint density at radius 2 is 2.46 bits per heavy atom. The largest absolute Gasteiger partial charge is 0.499 e. The van der Waals surface area contributed by atoms with Gasteiger partial charge in [0.15, 0.2) is 5.06 Å². The molecule has 13 heavy (non-hydrogen) atoms. The minimum absolute atomic E-state index is 0.0917. The lowest BCUT2D eigenvalue weighted by molar-refractivity contribution is 0.0951. The number of hydrogen-bond acceptors (Lipinski definition) is 3. The molecule has 0 aliphatic carbocycles. The first-order valence-corrected chi connectivity index (χ1v) is 5.18. The summed E-state index contributed by atoms with van der Waals surface area (Å²) >= 11 is 1.17. The van der Waals surface area contributed by atoms with E-state index in [1.807, 2.05) is 0 Å². The fourth-order valence-corrected chi connectivity index (χ4v) is 1.57. The molecule has 1 amide bonds. The summed E-state index contributed by atoms with van der Waals surface area (Å²) in [7, 11) is 0. The summed E-state index contributed by atoms with van der Waals surface area (Å²) in [6.45, 7) is 2.73. The van der Waals surface area contributed by atoms with Gasteiger partial charge in [-0.15, -0.1) is 11.3 Å². The van der Waals surface area contributed by atoms with Crippen LogP contribution in [0.15, 0.2) is 11.4 Å². The molecule has 0 spiro atoms. The van der Waals surface area contributed by atoms with Crippen molar-refractivity contribution in [2.45, 2.75) is 19.8 Å². The van der Waals surface area contributed by atoms with Crippen molar-refractivity contribution in [3.8, 4) is 5.06 Å². The predicted molar refractivity (Wildman–Crippen MR) is 53.2 cm³/mol. The number of hydrogen-bond donors (Lipinski definition) is 2. The average Bonchev–Trinajstić information content (AvgIpc) is 2.52. The number of amides is 1. The number of nitrogens with one attached hydrogen (secondary N) is 1. The van der Waals surface area contributed by atoms with Gasteiger partial charge in [-0.3, -0.25) is 4.79 Å². The third-order valence-electron chi connectivity index (χ3n) is 1.71. The Labute approximate surface area is 81.4 Å². The van der Waals surface area contributed by atoms with Crippen molar-refractivity contribution < 1.29 is 9.90 Å². The molecule has 0 aliphatic rings. The SMILES string of the molecule is CCCCNC(=O)c1ccsc1O. The molecule has 0 saturated heterocycles. The maximum Gasteiger partial charge on any atom is 0.255 e. The maximum atomic E-state index is 11.3. The number of thiophene rings is 1. The molecule has 0 atom stereocenters. The molecule has 1 rings (SSSR count). The molecule has 0 aliphatic heterocycles. The molecule has 0 radical (unpaired) electrons.